The molecule has 2 aromatic carbocycles. The molecule has 0 amide bonds. The molecule has 3 rings (SSSR count). The lowest BCUT2D eigenvalue weighted by Crippen LogP contribution is -2.21. The van der Waals surface area contributed by atoms with Crippen LogP contribution in [0.25, 0.3) is 10.9 Å². The van der Waals surface area contributed by atoms with Crippen molar-refractivity contribution in [2.75, 3.05) is 5.73 Å². The third-order valence-electron chi connectivity index (χ3n) is 3.20. The van der Waals surface area contributed by atoms with Crippen molar-refractivity contribution in [3.8, 4) is 0 Å². The second-order valence-corrected chi connectivity index (χ2v) is 6.01. The summed E-state index contributed by atoms with van der Waals surface area (Å²) >= 11 is 9.55. The van der Waals surface area contributed by atoms with E-state index in [9.17, 15) is 4.79 Å². The van der Waals surface area contributed by atoms with Gasteiger partial charge in [-0.15, -0.1) is 0 Å². The Bertz CT molecular complexity index is 892. The van der Waals surface area contributed by atoms with Crippen molar-refractivity contribution in [2.45, 2.75) is 6.54 Å². The van der Waals surface area contributed by atoms with Gasteiger partial charge in [0.2, 0.25) is 0 Å². The molecule has 106 valence electrons. The molecule has 21 heavy (non-hydrogen) atoms. The number of nitrogen functional groups attached to an aromatic ring is 1. The number of anilines is 1. The minimum absolute atomic E-state index is 0.133. The predicted molar refractivity (Wildman–Crippen MR) is 88.7 cm³/mol. The van der Waals surface area contributed by atoms with Gasteiger partial charge in [-0.25, -0.2) is 4.98 Å². The average Bonchev–Trinajstić information content (AvgIpc) is 2.45. The third kappa shape index (κ3) is 2.80. The Morgan fingerprint density at radius 2 is 2.05 bits per heavy atom. The van der Waals surface area contributed by atoms with Crippen molar-refractivity contribution in [2.24, 2.45) is 0 Å². The van der Waals surface area contributed by atoms with Crippen LogP contribution in [0, 0.1) is 0 Å². The number of benzene rings is 2. The predicted octanol–water partition coefficient (Wildman–Crippen LogP) is 3.44. The summed E-state index contributed by atoms with van der Waals surface area (Å²) in [7, 11) is 0. The maximum Gasteiger partial charge on any atom is 0.261 e. The standard InChI is InChI=1S/C15H11BrClN3O/c16-10-2-1-9(13(17)5-10)7-20-8-19-14-4-3-11(18)6-12(14)15(20)21/h1-6,8H,7,18H2. The van der Waals surface area contributed by atoms with Gasteiger partial charge < -0.3 is 5.73 Å². The lowest BCUT2D eigenvalue weighted by molar-refractivity contribution is 0.748. The van der Waals surface area contributed by atoms with E-state index in [0.717, 1.165) is 10.0 Å². The van der Waals surface area contributed by atoms with Gasteiger partial charge in [0, 0.05) is 15.2 Å². The number of hydrogen-bond acceptors (Lipinski definition) is 3. The highest BCUT2D eigenvalue weighted by atomic mass is 79.9. The summed E-state index contributed by atoms with van der Waals surface area (Å²) in [5.41, 5.74) is 7.63. The Kier molecular flexibility index (Phi) is 3.69. The fourth-order valence-corrected chi connectivity index (χ4v) is 2.86. The maximum atomic E-state index is 12.5. The summed E-state index contributed by atoms with van der Waals surface area (Å²) in [4.78, 5) is 16.8. The number of hydrogen-bond donors (Lipinski definition) is 1. The molecule has 0 saturated carbocycles. The van der Waals surface area contributed by atoms with Crippen LogP contribution in [0.3, 0.4) is 0 Å². The number of nitrogens with two attached hydrogens (primary N) is 1. The number of halogens is 2. The van der Waals surface area contributed by atoms with Crippen molar-refractivity contribution in [1.29, 1.82) is 0 Å². The Labute approximate surface area is 134 Å². The van der Waals surface area contributed by atoms with Gasteiger partial charge in [0.1, 0.15) is 0 Å². The van der Waals surface area contributed by atoms with Crippen LogP contribution >= 0.6 is 27.5 Å². The van der Waals surface area contributed by atoms with E-state index in [1.54, 1.807) is 24.3 Å². The lowest BCUT2D eigenvalue weighted by Gasteiger charge is -2.09. The maximum absolute atomic E-state index is 12.5. The van der Waals surface area contributed by atoms with Gasteiger partial charge in [0.15, 0.2) is 0 Å². The van der Waals surface area contributed by atoms with E-state index in [2.05, 4.69) is 20.9 Å². The normalized spacial score (nSPS) is 11.0. The fourth-order valence-electron chi connectivity index (χ4n) is 2.12. The van der Waals surface area contributed by atoms with Crippen LogP contribution in [0.4, 0.5) is 5.69 Å². The SMILES string of the molecule is Nc1ccc2ncn(Cc3ccc(Br)cc3Cl)c(=O)c2c1. The van der Waals surface area contributed by atoms with E-state index >= 15 is 0 Å². The molecule has 0 aliphatic heterocycles. The van der Waals surface area contributed by atoms with E-state index in [0.29, 0.717) is 28.2 Å². The van der Waals surface area contributed by atoms with Crippen molar-refractivity contribution >= 4 is 44.1 Å². The second-order valence-electron chi connectivity index (χ2n) is 4.69. The first-order chi connectivity index (χ1) is 10.0. The molecule has 0 radical (unpaired) electrons. The minimum atomic E-state index is -0.133. The topological polar surface area (TPSA) is 60.9 Å². The molecule has 1 aromatic heterocycles. The lowest BCUT2D eigenvalue weighted by atomic mass is 10.2. The number of fused-ring (bicyclic) bond motifs is 1. The van der Waals surface area contributed by atoms with Crippen LogP contribution in [0.15, 0.2) is 52.0 Å². The van der Waals surface area contributed by atoms with Crippen LogP contribution in [0.2, 0.25) is 5.02 Å². The van der Waals surface area contributed by atoms with Crippen LogP contribution in [0.1, 0.15) is 5.56 Å². The van der Waals surface area contributed by atoms with Gasteiger partial charge in [-0.2, -0.15) is 0 Å². The van der Waals surface area contributed by atoms with Crippen LogP contribution in [-0.2, 0) is 6.54 Å². The van der Waals surface area contributed by atoms with Crippen molar-refractivity contribution in [3.05, 3.63) is 68.1 Å². The van der Waals surface area contributed by atoms with Gasteiger partial charge in [-0.3, -0.25) is 9.36 Å². The molecule has 6 heteroatoms. The van der Waals surface area contributed by atoms with E-state index < -0.39 is 0 Å². The van der Waals surface area contributed by atoms with Crippen LogP contribution in [-0.4, -0.2) is 9.55 Å². The number of rotatable bonds is 2. The van der Waals surface area contributed by atoms with E-state index in [-0.39, 0.29) is 5.56 Å². The highest BCUT2D eigenvalue weighted by Gasteiger charge is 2.07. The molecule has 4 nitrogen and oxygen atoms in total. The molecular weight excluding hydrogens is 354 g/mol. The highest BCUT2D eigenvalue weighted by Crippen LogP contribution is 2.22. The fraction of sp³-hybridized carbons (Fsp3) is 0.0667. The first kappa shape index (κ1) is 14.1. The second kappa shape index (κ2) is 5.50. The first-order valence-electron chi connectivity index (χ1n) is 6.23. The van der Waals surface area contributed by atoms with Gasteiger partial charge in [-0.1, -0.05) is 33.6 Å². The van der Waals surface area contributed by atoms with Gasteiger partial charge in [0.25, 0.3) is 5.56 Å². The molecule has 0 bridgehead atoms. The average molecular weight is 365 g/mol. The zero-order chi connectivity index (χ0) is 15.0. The Hall–Kier alpha value is -1.85. The molecule has 0 atom stereocenters. The smallest absolute Gasteiger partial charge is 0.261 e. The Morgan fingerprint density at radius 3 is 2.81 bits per heavy atom. The molecule has 2 N–H and O–H groups in total. The molecule has 0 saturated heterocycles. The highest BCUT2D eigenvalue weighted by molar-refractivity contribution is 9.10. The summed E-state index contributed by atoms with van der Waals surface area (Å²) in [6.45, 7) is 0.364. The zero-order valence-corrected chi connectivity index (χ0v) is 13.2. The van der Waals surface area contributed by atoms with Gasteiger partial charge in [0.05, 0.1) is 23.8 Å². The molecular formula is C15H11BrClN3O. The molecule has 3 aromatic rings. The zero-order valence-electron chi connectivity index (χ0n) is 10.9. The molecule has 0 fully saturated rings. The van der Waals surface area contributed by atoms with Crippen molar-refractivity contribution in [1.82, 2.24) is 9.55 Å². The van der Waals surface area contributed by atoms with Crippen molar-refractivity contribution in [3.63, 3.8) is 0 Å². The summed E-state index contributed by atoms with van der Waals surface area (Å²) in [6.07, 6.45) is 1.53. The van der Waals surface area contributed by atoms with Crippen LogP contribution in [0.5, 0.6) is 0 Å². The monoisotopic (exact) mass is 363 g/mol. The number of aromatic nitrogens is 2. The molecule has 0 spiro atoms. The minimum Gasteiger partial charge on any atom is -0.399 e. The van der Waals surface area contributed by atoms with Crippen LogP contribution < -0.4 is 11.3 Å². The first-order valence-corrected chi connectivity index (χ1v) is 7.40. The summed E-state index contributed by atoms with van der Waals surface area (Å²) in [6, 6.07) is 10.7. The largest absolute Gasteiger partial charge is 0.399 e. The molecule has 0 aliphatic carbocycles. The molecule has 0 unspecified atom stereocenters. The van der Waals surface area contributed by atoms with E-state index in [1.165, 1.54) is 10.9 Å². The third-order valence-corrected chi connectivity index (χ3v) is 4.05. The Balaban J connectivity index is 2.09. The molecule has 1 heterocycles. The van der Waals surface area contributed by atoms with E-state index in [4.69, 9.17) is 17.3 Å². The summed E-state index contributed by atoms with van der Waals surface area (Å²) in [5, 5.41) is 1.11. The summed E-state index contributed by atoms with van der Waals surface area (Å²) in [5.74, 6) is 0. The summed E-state index contributed by atoms with van der Waals surface area (Å²) < 4.78 is 2.42. The quantitative estimate of drug-likeness (QED) is 0.709. The van der Waals surface area contributed by atoms with Gasteiger partial charge in [-0.05, 0) is 35.9 Å². The molecule has 0 aliphatic rings. The van der Waals surface area contributed by atoms with Gasteiger partial charge >= 0.3 is 0 Å². The Morgan fingerprint density at radius 1 is 1.24 bits per heavy atom. The van der Waals surface area contributed by atoms with E-state index in [1.807, 2.05) is 12.1 Å². The van der Waals surface area contributed by atoms with Crippen molar-refractivity contribution < 1.29 is 0 Å². The number of nitrogens with zero attached hydrogens (tertiary/aromatic N) is 2.